The lowest BCUT2D eigenvalue weighted by Gasteiger charge is -2.07. The van der Waals surface area contributed by atoms with Gasteiger partial charge in [-0.3, -0.25) is 9.59 Å². The van der Waals surface area contributed by atoms with Gasteiger partial charge in [0.15, 0.2) is 0 Å². The molecule has 2 N–H and O–H groups in total. The first-order chi connectivity index (χ1) is 7.00. The van der Waals surface area contributed by atoms with Gasteiger partial charge in [0, 0.05) is 6.92 Å². The first-order valence-electron chi connectivity index (χ1n) is 4.27. The number of rotatable bonds is 3. The van der Waals surface area contributed by atoms with Gasteiger partial charge in [0.1, 0.15) is 0 Å². The van der Waals surface area contributed by atoms with Crippen LogP contribution in [0.2, 0.25) is 5.02 Å². The van der Waals surface area contributed by atoms with Crippen LogP contribution in [0, 0.1) is 0 Å². The molecular weight excluding hydrogens is 218 g/mol. The van der Waals surface area contributed by atoms with E-state index in [-0.39, 0.29) is 17.4 Å². The number of anilines is 1. The molecule has 0 spiro atoms. The van der Waals surface area contributed by atoms with E-state index in [1.807, 2.05) is 0 Å². The standard InChI is InChI=1S/C10H10ClNO3/c1-6(13)12-8-4-2-3-7(10(8)11)5-9(14)15/h2-4H,5H2,1H3,(H,12,13)(H,14,15). The van der Waals surface area contributed by atoms with Gasteiger partial charge in [-0.05, 0) is 11.6 Å². The number of carbonyl (C=O) groups is 2. The maximum Gasteiger partial charge on any atom is 0.307 e. The Balaban J connectivity index is 2.99. The molecule has 5 heteroatoms. The van der Waals surface area contributed by atoms with Gasteiger partial charge >= 0.3 is 5.97 Å². The van der Waals surface area contributed by atoms with Crippen LogP contribution in [0.1, 0.15) is 12.5 Å². The van der Waals surface area contributed by atoms with Gasteiger partial charge in [-0.15, -0.1) is 0 Å². The summed E-state index contributed by atoms with van der Waals surface area (Å²) >= 11 is 5.92. The predicted molar refractivity (Wildman–Crippen MR) is 57.1 cm³/mol. The molecule has 1 rings (SSSR count). The number of hydrogen-bond donors (Lipinski definition) is 2. The molecule has 0 fully saturated rings. The third-order valence-electron chi connectivity index (χ3n) is 1.73. The Hall–Kier alpha value is -1.55. The molecule has 0 saturated carbocycles. The van der Waals surface area contributed by atoms with Gasteiger partial charge in [0.25, 0.3) is 0 Å². The molecule has 0 radical (unpaired) electrons. The maximum atomic E-state index is 10.8. The number of carboxylic acid groups (broad SMARTS) is 1. The number of amides is 1. The van der Waals surface area contributed by atoms with Crippen molar-refractivity contribution in [3.8, 4) is 0 Å². The number of carbonyl (C=O) groups excluding carboxylic acids is 1. The highest BCUT2D eigenvalue weighted by atomic mass is 35.5. The molecule has 0 aliphatic carbocycles. The van der Waals surface area contributed by atoms with Crippen LogP contribution in [0.5, 0.6) is 0 Å². The van der Waals surface area contributed by atoms with Crippen molar-refractivity contribution in [1.82, 2.24) is 0 Å². The molecule has 1 aromatic rings. The highest BCUT2D eigenvalue weighted by Gasteiger charge is 2.09. The summed E-state index contributed by atoms with van der Waals surface area (Å²) in [5.41, 5.74) is 0.915. The molecule has 0 aliphatic rings. The van der Waals surface area contributed by atoms with Crippen LogP contribution in [0.3, 0.4) is 0 Å². The number of aliphatic carboxylic acids is 1. The number of hydrogen-bond acceptors (Lipinski definition) is 2. The fourth-order valence-electron chi connectivity index (χ4n) is 1.17. The van der Waals surface area contributed by atoms with Crippen molar-refractivity contribution in [2.45, 2.75) is 13.3 Å². The molecule has 0 atom stereocenters. The average Bonchev–Trinajstić information content (AvgIpc) is 2.10. The van der Waals surface area contributed by atoms with Gasteiger partial charge in [-0.25, -0.2) is 0 Å². The zero-order valence-electron chi connectivity index (χ0n) is 8.08. The largest absolute Gasteiger partial charge is 0.481 e. The van der Waals surface area contributed by atoms with E-state index in [2.05, 4.69) is 5.32 Å². The molecule has 1 amide bonds. The van der Waals surface area contributed by atoms with Crippen LogP contribution >= 0.6 is 11.6 Å². The lowest BCUT2D eigenvalue weighted by Crippen LogP contribution is -2.08. The lowest BCUT2D eigenvalue weighted by atomic mass is 10.1. The van der Waals surface area contributed by atoms with Crippen LogP contribution in [0.4, 0.5) is 5.69 Å². The number of carboxylic acids is 1. The maximum absolute atomic E-state index is 10.8. The summed E-state index contributed by atoms with van der Waals surface area (Å²) in [6, 6.07) is 4.88. The first kappa shape index (κ1) is 11.5. The van der Waals surface area contributed by atoms with Gasteiger partial charge in [-0.1, -0.05) is 23.7 Å². The fraction of sp³-hybridized carbons (Fsp3) is 0.200. The lowest BCUT2D eigenvalue weighted by molar-refractivity contribution is -0.136. The van der Waals surface area contributed by atoms with Gasteiger partial charge < -0.3 is 10.4 Å². The van der Waals surface area contributed by atoms with E-state index < -0.39 is 5.97 Å². The zero-order valence-corrected chi connectivity index (χ0v) is 8.84. The summed E-state index contributed by atoms with van der Waals surface area (Å²) in [6.45, 7) is 1.36. The Morgan fingerprint density at radius 1 is 1.47 bits per heavy atom. The van der Waals surface area contributed by atoms with Crippen molar-refractivity contribution in [3.05, 3.63) is 28.8 Å². The van der Waals surface area contributed by atoms with Crippen LogP contribution in [0.25, 0.3) is 0 Å². The van der Waals surface area contributed by atoms with E-state index in [0.717, 1.165) is 0 Å². The molecule has 15 heavy (non-hydrogen) atoms. The molecule has 0 aromatic heterocycles. The summed E-state index contributed by atoms with van der Waals surface area (Å²) in [6.07, 6.45) is -0.160. The van der Waals surface area contributed by atoms with Crippen LogP contribution in [-0.2, 0) is 16.0 Å². The fourth-order valence-corrected chi connectivity index (χ4v) is 1.41. The Bertz CT molecular complexity index is 369. The quantitative estimate of drug-likeness (QED) is 0.829. The van der Waals surface area contributed by atoms with E-state index in [1.165, 1.54) is 6.92 Å². The third-order valence-corrected chi connectivity index (χ3v) is 2.18. The summed E-state index contributed by atoms with van der Waals surface area (Å²) in [7, 11) is 0. The smallest absolute Gasteiger partial charge is 0.307 e. The topological polar surface area (TPSA) is 66.4 Å². The molecule has 0 aliphatic heterocycles. The minimum Gasteiger partial charge on any atom is -0.481 e. The first-order valence-corrected chi connectivity index (χ1v) is 4.65. The SMILES string of the molecule is CC(=O)Nc1cccc(CC(=O)O)c1Cl. The predicted octanol–water partition coefficient (Wildman–Crippen LogP) is 1.93. The van der Waals surface area contributed by atoms with E-state index in [1.54, 1.807) is 18.2 Å². The van der Waals surface area contributed by atoms with Crippen molar-refractivity contribution in [1.29, 1.82) is 0 Å². The van der Waals surface area contributed by atoms with Crippen molar-refractivity contribution in [3.63, 3.8) is 0 Å². The molecule has 1 aromatic carbocycles. The van der Waals surface area contributed by atoms with E-state index in [0.29, 0.717) is 11.3 Å². The van der Waals surface area contributed by atoms with Crippen molar-refractivity contribution in [2.24, 2.45) is 0 Å². The second-order valence-corrected chi connectivity index (χ2v) is 3.41. The molecule has 4 nitrogen and oxygen atoms in total. The monoisotopic (exact) mass is 227 g/mol. The van der Waals surface area contributed by atoms with Crippen molar-refractivity contribution < 1.29 is 14.7 Å². The Kier molecular flexibility index (Phi) is 3.68. The Morgan fingerprint density at radius 3 is 2.67 bits per heavy atom. The van der Waals surface area contributed by atoms with E-state index in [9.17, 15) is 9.59 Å². The second-order valence-electron chi connectivity index (χ2n) is 3.03. The van der Waals surface area contributed by atoms with Crippen LogP contribution in [0.15, 0.2) is 18.2 Å². The normalized spacial score (nSPS) is 9.73. The van der Waals surface area contributed by atoms with Crippen molar-refractivity contribution in [2.75, 3.05) is 5.32 Å². The van der Waals surface area contributed by atoms with E-state index in [4.69, 9.17) is 16.7 Å². The zero-order chi connectivity index (χ0) is 11.4. The molecule has 0 bridgehead atoms. The summed E-state index contributed by atoms with van der Waals surface area (Å²) in [5, 5.41) is 11.4. The Morgan fingerprint density at radius 2 is 2.13 bits per heavy atom. The molecular formula is C10H10ClNO3. The molecule has 80 valence electrons. The van der Waals surface area contributed by atoms with Crippen LogP contribution in [-0.4, -0.2) is 17.0 Å². The van der Waals surface area contributed by atoms with Gasteiger partial charge in [0.05, 0.1) is 17.1 Å². The highest BCUT2D eigenvalue weighted by Crippen LogP contribution is 2.26. The summed E-state index contributed by atoms with van der Waals surface area (Å²) in [5.74, 6) is -1.21. The number of nitrogens with one attached hydrogen (secondary N) is 1. The van der Waals surface area contributed by atoms with Crippen LogP contribution < -0.4 is 5.32 Å². The van der Waals surface area contributed by atoms with Crippen molar-refractivity contribution >= 4 is 29.2 Å². The third kappa shape index (κ3) is 3.25. The second kappa shape index (κ2) is 4.79. The van der Waals surface area contributed by atoms with Gasteiger partial charge in [-0.2, -0.15) is 0 Å². The molecule has 0 unspecified atom stereocenters. The number of halogens is 1. The van der Waals surface area contributed by atoms with E-state index >= 15 is 0 Å². The Labute approximate surface area is 91.9 Å². The summed E-state index contributed by atoms with van der Waals surface area (Å²) < 4.78 is 0. The van der Waals surface area contributed by atoms with Gasteiger partial charge in [0.2, 0.25) is 5.91 Å². The summed E-state index contributed by atoms with van der Waals surface area (Å²) in [4.78, 5) is 21.3. The number of benzene rings is 1. The molecule has 0 saturated heterocycles. The molecule has 0 heterocycles. The average molecular weight is 228 g/mol. The minimum atomic E-state index is -0.961. The minimum absolute atomic E-state index is 0.160. The highest BCUT2D eigenvalue weighted by molar-refractivity contribution is 6.34.